The van der Waals surface area contributed by atoms with Crippen molar-refractivity contribution >= 4 is 11.6 Å². The summed E-state index contributed by atoms with van der Waals surface area (Å²) in [5.74, 6) is 0.316. The Kier molecular flexibility index (Phi) is 3.80. The highest BCUT2D eigenvalue weighted by atomic mass is 16.5. The van der Waals surface area contributed by atoms with Crippen LogP contribution in [0.25, 0.3) is 0 Å². The number of ether oxygens (including phenoxy) is 1. The largest absolute Gasteiger partial charge is 0.481 e. The Labute approximate surface area is 112 Å². The lowest BCUT2D eigenvalue weighted by molar-refractivity contribution is 0.102. The van der Waals surface area contributed by atoms with Gasteiger partial charge in [-0.05, 0) is 31.0 Å². The number of amides is 1. The summed E-state index contributed by atoms with van der Waals surface area (Å²) in [5, 5.41) is 2.91. The number of hydrogen-bond donors (Lipinski definition) is 1. The van der Waals surface area contributed by atoms with Gasteiger partial charge in [0.1, 0.15) is 0 Å². The molecule has 0 radical (unpaired) electrons. The molecule has 1 aromatic carbocycles. The van der Waals surface area contributed by atoms with Crippen molar-refractivity contribution in [3.63, 3.8) is 0 Å². The molecule has 0 aliphatic carbocycles. The van der Waals surface area contributed by atoms with Crippen LogP contribution in [-0.4, -0.2) is 18.0 Å². The number of aryl methyl sites for hydroxylation is 2. The molecule has 19 heavy (non-hydrogen) atoms. The van der Waals surface area contributed by atoms with E-state index in [0.717, 1.165) is 16.8 Å². The SMILES string of the molecule is COc1ccc(C(=O)Nc2c(C)cccc2C)cn1. The summed E-state index contributed by atoms with van der Waals surface area (Å²) in [4.78, 5) is 16.1. The van der Waals surface area contributed by atoms with E-state index >= 15 is 0 Å². The molecule has 0 aliphatic heterocycles. The lowest BCUT2D eigenvalue weighted by Gasteiger charge is -2.11. The molecular formula is C15H16N2O2. The quantitative estimate of drug-likeness (QED) is 0.918. The van der Waals surface area contributed by atoms with Crippen LogP contribution in [0.5, 0.6) is 5.88 Å². The summed E-state index contributed by atoms with van der Waals surface area (Å²) in [5.41, 5.74) is 3.43. The molecule has 2 aromatic rings. The van der Waals surface area contributed by atoms with E-state index in [1.807, 2.05) is 32.0 Å². The third kappa shape index (κ3) is 2.91. The molecule has 0 bridgehead atoms. The number of pyridine rings is 1. The first-order valence-electron chi connectivity index (χ1n) is 5.99. The molecule has 4 heteroatoms. The van der Waals surface area contributed by atoms with E-state index in [9.17, 15) is 4.79 Å². The van der Waals surface area contributed by atoms with Crippen molar-refractivity contribution in [2.75, 3.05) is 12.4 Å². The molecule has 0 aliphatic rings. The second kappa shape index (κ2) is 5.52. The van der Waals surface area contributed by atoms with Crippen molar-refractivity contribution in [3.05, 3.63) is 53.2 Å². The maximum absolute atomic E-state index is 12.1. The second-order valence-corrected chi connectivity index (χ2v) is 4.31. The highest BCUT2D eigenvalue weighted by molar-refractivity contribution is 6.04. The van der Waals surface area contributed by atoms with Crippen molar-refractivity contribution in [2.24, 2.45) is 0 Å². The number of nitrogens with one attached hydrogen (secondary N) is 1. The van der Waals surface area contributed by atoms with Gasteiger partial charge < -0.3 is 10.1 Å². The predicted molar refractivity (Wildman–Crippen MR) is 74.7 cm³/mol. The molecule has 1 N–H and O–H groups in total. The number of nitrogens with zero attached hydrogens (tertiary/aromatic N) is 1. The van der Waals surface area contributed by atoms with E-state index in [0.29, 0.717) is 11.4 Å². The third-order valence-electron chi connectivity index (χ3n) is 2.93. The minimum atomic E-state index is -0.174. The van der Waals surface area contributed by atoms with Crippen LogP contribution in [-0.2, 0) is 0 Å². The molecule has 4 nitrogen and oxygen atoms in total. The fourth-order valence-corrected chi connectivity index (χ4v) is 1.83. The maximum Gasteiger partial charge on any atom is 0.257 e. The van der Waals surface area contributed by atoms with Crippen molar-refractivity contribution in [1.82, 2.24) is 4.98 Å². The zero-order chi connectivity index (χ0) is 13.8. The van der Waals surface area contributed by atoms with E-state index in [-0.39, 0.29) is 5.91 Å². The van der Waals surface area contributed by atoms with Crippen LogP contribution in [0.15, 0.2) is 36.5 Å². The van der Waals surface area contributed by atoms with Crippen LogP contribution in [0, 0.1) is 13.8 Å². The smallest absolute Gasteiger partial charge is 0.257 e. The number of aromatic nitrogens is 1. The van der Waals surface area contributed by atoms with Gasteiger partial charge in [-0.3, -0.25) is 4.79 Å². The highest BCUT2D eigenvalue weighted by Gasteiger charge is 2.10. The van der Waals surface area contributed by atoms with Crippen molar-refractivity contribution in [3.8, 4) is 5.88 Å². The summed E-state index contributed by atoms with van der Waals surface area (Å²) < 4.78 is 4.96. The Hall–Kier alpha value is -2.36. The first-order valence-corrected chi connectivity index (χ1v) is 5.99. The fraction of sp³-hybridized carbons (Fsp3) is 0.200. The molecule has 0 unspecified atom stereocenters. The Morgan fingerprint density at radius 1 is 1.16 bits per heavy atom. The lowest BCUT2D eigenvalue weighted by Crippen LogP contribution is -2.14. The maximum atomic E-state index is 12.1. The summed E-state index contributed by atoms with van der Waals surface area (Å²) in [6.45, 7) is 3.93. The average Bonchev–Trinajstić information content (AvgIpc) is 2.43. The normalized spacial score (nSPS) is 10.1. The number of benzene rings is 1. The molecule has 1 aromatic heterocycles. The van der Waals surface area contributed by atoms with Crippen molar-refractivity contribution in [1.29, 1.82) is 0 Å². The molecule has 0 saturated carbocycles. The van der Waals surface area contributed by atoms with E-state index in [1.165, 1.54) is 6.20 Å². The lowest BCUT2D eigenvalue weighted by atomic mass is 10.1. The molecule has 2 rings (SSSR count). The Balaban J connectivity index is 2.20. The van der Waals surface area contributed by atoms with Gasteiger partial charge >= 0.3 is 0 Å². The number of anilines is 1. The predicted octanol–water partition coefficient (Wildman–Crippen LogP) is 2.96. The van der Waals surface area contributed by atoms with E-state index in [2.05, 4.69) is 10.3 Å². The Morgan fingerprint density at radius 2 is 1.84 bits per heavy atom. The van der Waals surface area contributed by atoms with Crippen LogP contribution < -0.4 is 10.1 Å². The van der Waals surface area contributed by atoms with Crippen LogP contribution >= 0.6 is 0 Å². The fourth-order valence-electron chi connectivity index (χ4n) is 1.83. The number of para-hydroxylation sites is 1. The summed E-state index contributed by atoms with van der Waals surface area (Å²) in [6, 6.07) is 9.26. The minimum Gasteiger partial charge on any atom is -0.481 e. The van der Waals surface area contributed by atoms with Gasteiger partial charge in [0, 0.05) is 18.0 Å². The summed E-state index contributed by atoms with van der Waals surface area (Å²) in [7, 11) is 1.54. The molecule has 1 heterocycles. The molecule has 98 valence electrons. The standard InChI is InChI=1S/C15H16N2O2/c1-10-5-4-6-11(2)14(10)17-15(18)12-7-8-13(19-3)16-9-12/h4-9H,1-3H3,(H,17,18). The number of carbonyl (C=O) groups is 1. The average molecular weight is 256 g/mol. The first kappa shape index (κ1) is 13.1. The molecule has 0 spiro atoms. The van der Waals surface area contributed by atoms with Crippen molar-refractivity contribution < 1.29 is 9.53 Å². The molecular weight excluding hydrogens is 240 g/mol. The van der Waals surface area contributed by atoms with Gasteiger partial charge in [0.15, 0.2) is 0 Å². The van der Waals surface area contributed by atoms with Gasteiger partial charge in [-0.1, -0.05) is 18.2 Å². The Bertz CT molecular complexity index is 571. The van der Waals surface area contributed by atoms with E-state index < -0.39 is 0 Å². The van der Waals surface area contributed by atoms with Gasteiger partial charge in [0.25, 0.3) is 5.91 Å². The number of carbonyl (C=O) groups excluding carboxylic acids is 1. The zero-order valence-corrected chi connectivity index (χ0v) is 11.2. The van der Waals surface area contributed by atoms with Crippen LogP contribution in [0.4, 0.5) is 5.69 Å². The van der Waals surface area contributed by atoms with Crippen molar-refractivity contribution in [2.45, 2.75) is 13.8 Å². The van der Waals surface area contributed by atoms with E-state index in [1.54, 1.807) is 19.2 Å². The zero-order valence-electron chi connectivity index (χ0n) is 11.2. The molecule has 0 atom stereocenters. The van der Waals surface area contributed by atoms with Crippen LogP contribution in [0.1, 0.15) is 21.5 Å². The van der Waals surface area contributed by atoms with Gasteiger partial charge in [0.2, 0.25) is 5.88 Å². The van der Waals surface area contributed by atoms with Crippen LogP contribution in [0.3, 0.4) is 0 Å². The number of methoxy groups -OCH3 is 1. The van der Waals surface area contributed by atoms with Gasteiger partial charge in [-0.15, -0.1) is 0 Å². The Morgan fingerprint density at radius 3 is 2.37 bits per heavy atom. The van der Waals surface area contributed by atoms with Crippen LogP contribution in [0.2, 0.25) is 0 Å². The minimum absolute atomic E-state index is 0.174. The van der Waals surface area contributed by atoms with Gasteiger partial charge in [-0.25, -0.2) is 4.98 Å². The molecule has 0 fully saturated rings. The number of hydrogen-bond acceptors (Lipinski definition) is 3. The number of rotatable bonds is 3. The van der Waals surface area contributed by atoms with E-state index in [4.69, 9.17) is 4.74 Å². The molecule has 0 saturated heterocycles. The first-order chi connectivity index (χ1) is 9.11. The highest BCUT2D eigenvalue weighted by Crippen LogP contribution is 2.20. The second-order valence-electron chi connectivity index (χ2n) is 4.31. The molecule has 1 amide bonds. The monoisotopic (exact) mass is 256 g/mol. The van der Waals surface area contributed by atoms with Gasteiger partial charge in [-0.2, -0.15) is 0 Å². The third-order valence-corrected chi connectivity index (χ3v) is 2.93. The van der Waals surface area contributed by atoms with Gasteiger partial charge in [0.05, 0.1) is 12.7 Å². The topological polar surface area (TPSA) is 51.2 Å². The summed E-state index contributed by atoms with van der Waals surface area (Å²) in [6.07, 6.45) is 1.50. The summed E-state index contributed by atoms with van der Waals surface area (Å²) >= 11 is 0.